The largest absolute Gasteiger partial charge is 0.421 e. The Morgan fingerprint density at radius 1 is 1.06 bits per heavy atom. The van der Waals surface area contributed by atoms with Crippen molar-refractivity contribution in [2.24, 2.45) is 5.10 Å². The van der Waals surface area contributed by atoms with Crippen LogP contribution in [-0.2, 0) is 4.79 Å². The maximum absolute atomic E-state index is 13.2. The second kappa shape index (κ2) is 10.9. The van der Waals surface area contributed by atoms with Crippen LogP contribution in [0.5, 0.6) is 5.75 Å². The molecule has 1 aromatic heterocycles. The quantitative estimate of drug-likeness (QED) is 0.110. The fourth-order valence-corrected chi connectivity index (χ4v) is 4.73. The molecular formula is C27H21Br2N3O3. The highest BCUT2D eigenvalue weighted by atomic mass is 79.9. The summed E-state index contributed by atoms with van der Waals surface area (Å²) in [5, 5.41) is 4.93. The summed E-state index contributed by atoms with van der Waals surface area (Å²) >= 11 is 6.92. The van der Waals surface area contributed by atoms with Gasteiger partial charge in [0.25, 0.3) is 5.56 Å². The summed E-state index contributed by atoms with van der Waals surface area (Å²) in [4.78, 5) is 30.4. The third kappa shape index (κ3) is 5.83. The average Bonchev–Trinajstić information content (AvgIpc) is 2.84. The van der Waals surface area contributed by atoms with Crippen molar-refractivity contribution in [3.63, 3.8) is 0 Å². The van der Waals surface area contributed by atoms with Gasteiger partial charge in [0.15, 0.2) is 5.75 Å². The Hall–Kier alpha value is -3.36. The first-order valence-electron chi connectivity index (χ1n) is 10.8. The van der Waals surface area contributed by atoms with Crippen LogP contribution in [0.3, 0.4) is 0 Å². The lowest BCUT2D eigenvalue weighted by molar-refractivity contribution is -0.128. The number of aromatic nitrogens is 2. The molecular weight excluding hydrogens is 574 g/mol. The number of rotatable bonds is 6. The second-order valence-corrected chi connectivity index (χ2v) is 9.74. The Bertz CT molecular complexity index is 1510. The van der Waals surface area contributed by atoms with Gasteiger partial charge in [-0.15, -0.1) is 0 Å². The van der Waals surface area contributed by atoms with Crippen molar-refractivity contribution in [1.29, 1.82) is 0 Å². The van der Waals surface area contributed by atoms with E-state index in [1.165, 1.54) is 17.0 Å². The summed E-state index contributed by atoms with van der Waals surface area (Å²) in [6.07, 6.45) is 4.53. The number of halogens is 2. The molecule has 0 fully saturated rings. The number of nitrogens with zero attached hydrogens (tertiary/aromatic N) is 3. The van der Waals surface area contributed by atoms with E-state index in [9.17, 15) is 9.59 Å². The molecule has 176 valence electrons. The van der Waals surface area contributed by atoms with Crippen LogP contribution in [0.1, 0.15) is 36.7 Å². The van der Waals surface area contributed by atoms with Crippen LogP contribution in [0, 0.1) is 0 Å². The second-order valence-electron chi connectivity index (χ2n) is 7.97. The monoisotopic (exact) mass is 593 g/mol. The molecule has 1 heterocycles. The van der Waals surface area contributed by atoms with Gasteiger partial charge in [-0.1, -0.05) is 72.2 Å². The van der Waals surface area contributed by atoms with Gasteiger partial charge in [0.2, 0.25) is 0 Å². The summed E-state index contributed by atoms with van der Waals surface area (Å²) < 4.78 is 8.23. The number of benzene rings is 3. The molecule has 3 aromatic carbocycles. The summed E-state index contributed by atoms with van der Waals surface area (Å²) in [5.74, 6) is 0.231. The van der Waals surface area contributed by atoms with E-state index in [1.807, 2.05) is 56.3 Å². The lowest BCUT2D eigenvalue weighted by Crippen LogP contribution is -2.23. The zero-order valence-electron chi connectivity index (χ0n) is 19.0. The van der Waals surface area contributed by atoms with Gasteiger partial charge >= 0.3 is 5.97 Å². The Labute approximate surface area is 219 Å². The standard InChI is InChI=1S/C27H21Br2N3O3/c1-17(2)26-31-23-11-7-6-10-21(23)27(34)32(26)30-16-19-14-20(28)15-22(29)25(19)35-24(33)13-12-18-8-4-3-5-9-18/h3-17H,1-2H3/b13-12+,30-16?. The van der Waals surface area contributed by atoms with E-state index >= 15 is 0 Å². The van der Waals surface area contributed by atoms with Crippen LogP contribution in [0.15, 0.2) is 91.6 Å². The molecule has 6 nitrogen and oxygen atoms in total. The highest BCUT2D eigenvalue weighted by Gasteiger charge is 2.15. The SMILES string of the molecule is CC(C)c1nc2ccccc2c(=O)n1N=Cc1cc(Br)cc(Br)c1OC(=O)/C=C/c1ccccc1. The van der Waals surface area contributed by atoms with Gasteiger partial charge in [-0.3, -0.25) is 4.79 Å². The maximum atomic E-state index is 13.2. The number of hydrogen-bond donors (Lipinski definition) is 0. The Morgan fingerprint density at radius 3 is 2.51 bits per heavy atom. The van der Waals surface area contributed by atoms with Crippen LogP contribution >= 0.6 is 31.9 Å². The van der Waals surface area contributed by atoms with Gasteiger partial charge in [-0.25, -0.2) is 9.78 Å². The predicted octanol–water partition coefficient (Wildman–Crippen LogP) is 6.55. The van der Waals surface area contributed by atoms with E-state index in [2.05, 4.69) is 41.9 Å². The molecule has 0 atom stereocenters. The zero-order valence-corrected chi connectivity index (χ0v) is 22.2. The number of carbonyl (C=O) groups is 1. The van der Waals surface area contributed by atoms with E-state index in [4.69, 9.17) is 4.74 Å². The Morgan fingerprint density at radius 2 is 1.77 bits per heavy atom. The van der Waals surface area contributed by atoms with Gasteiger partial charge in [-0.05, 0) is 51.8 Å². The highest BCUT2D eigenvalue weighted by molar-refractivity contribution is 9.11. The van der Waals surface area contributed by atoms with E-state index in [0.717, 1.165) is 10.0 Å². The lowest BCUT2D eigenvalue weighted by atomic mass is 10.2. The minimum absolute atomic E-state index is 0.0425. The number of para-hydroxylation sites is 1. The molecule has 4 aromatic rings. The van der Waals surface area contributed by atoms with Crippen LogP contribution < -0.4 is 10.3 Å². The summed E-state index contributed by atoms with van der Waals surface area (Å²) in [7, 11) is 0. The molecule has 0 unspecified atom stereocenters. The van der Waals surface area contributed by atoms with E-state index in [1.54, 1.807) is 30.3 Å². The highest BCUT2D eigenvalue weighted by Crippen LogP contribution is 2.32. The van der Waals surface area contributed by atoms with Gasteiger partial charge in [0, 0.05) is 22.0 Å². The van der Waals surface area contributed by atoms with Crippen molar-refractivity contribution in [1.82, 2.24) is 9.66 Å². The van der Waals surface area contributed by atoms with Gasteiger partial charge in [-0.2, -0.15) is 9.78 Å². The van der Waals surface area contributed by atoms with Crippen molar-refractivity contribution in [3.8, 4) is 5.75 Å². The molecule has 0 N–H and O–H groups in total. The van der Waals surface area contributed by atoms with Crippen LogP contribution in [0.4, 0.5) is 0 Å². The summed E-state index contributed by atoms with van der Waals surface area (Å²) in [5.41, 5.74) is 1.74. The molecule has 0 aliphatic carbocycles. The fourth-order valence-electron chi connectivity index (χ4n) is 3.39. The fraction of sp³-hybridized carbons (Fsp3) is 0.111. The molecule has 0 amide bonds. The molecule has 0 radical (unpaired) electrons. The minimum atomic E-state index is -0.543. The van der Waals surface area contributed by atoms with Crippen molar-refractivity contribution in [3.05, 3.63) is 109 Å². The molecule has 4 rings (SSSR count). The van der Waals surface area contributed by atoms with Crippen molar-refractivity contribution in [2.75, 3.05) is 0 Å². The number of carbonyl (C=O) groups excluding carboxylic acids is 1. The van der Waals surface area contributed by atoms with Crippen LogP contribution in [0.25, 0.3) is 17.0 Å². The molecule has 35 heavy (non-hydrogen) atoms. The van der Waals surface area contributed by atoms with Gasteiger partial charge in [0.05, 0.1) is 21.6 Å². The summed E-state index contributed by atoms with van der Waals surface area (Å²) in [6, 6.07) is 20.2. The Balaban J connectivity index is 1.72. The van der Waals surface area contributed by atoms with E-state index < -0.39 is 5.97 Å². The molecule has 0 spiro atoms. The lowest BCUT2D eigenvalue weighted by Gasteiger charge is -2.12. The average molecular weight is 595 g/mol. The minimum Gasteiger partial charge on any atom is -0.421 e. The molecule has 0 saturated heterocycles. The van der Waals surface area contributed by atoms with Crippen molar-refractivity contribution < 1.29 is 9.53 Å². The number of fused-ring (bicyclic) bond motifs is 1. The number of esters is 1. The zero-order chi connectivity index (χ0) is 24.9. The molecule has 0 aliphatic rings. The van der Waals surface area contributed by atoms with Crippen molar-refractivity contribution in [2.45, 2.75) is 19.8 Å². The first-order valence-corrected chi connectivity index (χ1v) is 12.4. The molecule has 8 heteroatoms. The summed E-state index contributed by atoms with van der Waals surface area (Å²) in [6.45, 7) is 3.90. The predicted molar refractivity (Wildman–Crippen MR) is 146 cm³/mol. The normalized spacial score (nSPS) is 11.7. The first-order chi connectivity index (χ1) is 16.8. The van der Waals surface area contributed by atoms with Crippen LogP contribution in [-0.4, -0.2) is 21.8 Å². The van der Waals surface area contributed by atoms with Gasteiger partial charge < -0.3 is 4.74 Å². The van der Waals surface area contributed by atoms with E-state index in [0.29, 0.717) is 26.8 Å². The van der Waals surface area contributed by atoms with Crippen molar-refractivity contribution >= 4 is 61.0 Å². The third-order valence-corrected chi connectivity index (χ3v) is 6.11. The van der Waals surface area contributed by atoms with E-state index in [-0.39, 0.29) is 17.2 Å². The first kappa shape index (κ1) is 24.8. The topological polar surface area (TPSA) is 73.6 Å². The van der Waals surface area contributed by atoms with Crippen LogP contribution in [0.2, 0.25) is 0 Å². The molecule has 0 aliphatic heterocycles. The maximum Gasteiger partial charge on any atom is 0.336 e. The third-order valence-electron chi connectivity index (χ3n) is 5.06. The number of ether oxygens (including phenoxy) is 1. The smallest absolute Gasteiger partial charge is 0.336 e. The molecule has 0 bridgehead atoms. The molecule has 0 saturated carbocycles. The van der Waals surface area contributed by atoms with Gasteiger partial charge in [0.1, 0.15) is 5.82 Å². The Kier molecular flexibility index (Phi) is 7.73. The number of hydrogen-bond acceptors (Lipinski definition) is 5.